The number of nitrogens with one attached hydrogen (secondary N) is 1. The third-order valence-electron chi connectivity index (χ3n) is 4.79. The second-order valence-corrected chi connectivity index (χ2v) is 7.65. The van der Waals surface area contributed by atoms with E-state index in [2.05, 4.69) is 33.3 Å². The zero-order valence-electron chi connectivity index (χ0n) is 16.7. The number of benzene rings is 1. The van der Waals surface area contributed by atoms with Crippen LogP contribution in [0.5, 0.6) is 11.5 Å². The standard InChI is InChI=1S/C21H31N3O3/c1-5-26-21-9-16(6-7-20(21)27-14(2)3)11-24-12-17(19(25)13-24)10-18-8-15(4)22-23-18/h6-9,14,17,19,25H,5,10-13H2,1-4H3,(H,22,23)/t17-,19-/m1/s1. The molecule has 27 heavy (non-hydrogen) atoms. The molecule has 1 aliphatic heterocycles. The molecule has 0 amide bonds. The first-order valence-corrected chi connectivity index (χ1v) is 9.78. The van der Waals surface area contributed by atoms with Crippen molar-refractivity contribution >= 4 is 0 Å². The van der Waals surface area contributed by atoms with E-state index in [1.807, 2.05) is 33.8 Å². The van der Waals surface area contributed by atoms with Gasteiger partial charge >= 0.3 is 0 Å². The van der Waals surface area contributed by atoms with E-state index in [1.165, 1.54) is 0 Å². The fourth-order valence-corrected chi connectivity index (χ4v) is 3.65. The largest absolute Gasteiger partial charge is 0.490 e. The Morgan fingerprint density at radius 1 is 1.26 bits per heavy atom. The zero-order valence-corrected chi connectivity index (χ0v) is 16.7. The van der Waals surface area contributed by atoms with Crippen molar-refractivity contribution in [1.29, 1.82) is 0 Å². The smallest absolute Gasteiger partial charge is 0.161 e. The minimum Gasteiger partial charge on any atom is -0.490 e. The van der Waals surface area contributed by atoms with Gasteiger partial charge in [0, 0.05) is 31.2 Å². The Morgan fingerprint density at radius 3 is 2.74 bits per heavy atom. The third kappa shape index (κ3) is 5.23. The third-order valence-corrected chi connectivity index (χ3v) is 4.79. The van der Waals surface area contributed by atoms with Gasteiger partial charge in [0.05, 0.1) is 24.5 Å². The Labute approximate surface area is 161 Å². The lowest BCUT2D eigenvalue weighted by Gasteiger charge is -2.18. The van der Waals surface area contributed by atoms with Gasteiger partial charge in [-0.05, 0) is 57.9 Å². The van der Waals surface area contributed by atoms with Gasteiger partial charge in [0.25, 0.3) is 0 Å². The molecule has 6 nitrogen and oxygen atoms in total. The number of aromatic amines is 1. The molecule has 0 spiro atoms. The second kappa shape index (κ2) is 8.76. The first-order chi connectivity index (χ1) is 12.9. The van der Waals surface area contributed by atoms with Crippen molar-refractivity contribution < 1.29 is 14.6 Å². The maximum atomic E-state index is 10.5. The van der Waals surface area contributed by atoms with E-state index in [4.69, 9.17) is 9.47 Å². The Hall–Kier alpha value is -2.05. The zero-order chi connectivity index (χ0) is 19.4. The molecule has 0 radical (unpaired) electrons. The number of β-amino-alcohol motifs (C(OH)–C–C–N with tert-alkyl or cyclic N) is 1. The van der Waals surface area contributed by atoms with Crippen LogP contribution < -0.4 is 9.47 Å². The number of aryl methyl sites for hydroxylation is 1. The predicted octanol–water partition coefficient (Wildman–Crippen LogP) is 2.94. The maximum absolute atomic E-state index is 10.5. The number of hydrogen-bond donors (Lipinski definition) is 2. The molecule has 2 atom stereocenters. The lowest BCUT2D eigenvalue weighted by molar-refractivity contribution is 0.140. The number of aromatic nitrogens is 2. The van der Waals surface area contributed by atoms with Crippen LogP contribution in [-0.2, 0) is 13.0 Å². The van der Waals surface area contributed by atoms with Gasteiger partial charge in [0.15, 0.2) is 11.5 Å². The van der Waals surface area contributed by atoms with Gasteiger partial charge in [-0.1, -0.05) is 6.07 Å². The molecular weight excluding hydrogens is 342 g/mol. The van der Waals surface area contributed by atoms with Crippen LogP contribution in [0.4, 0.5) is 0 Å². The van der Waals surface area contributed by atoms with Crippen LogP contribution >= 0.6 is 0 Å². The summed E-state index contributed by atoms with van der Waals surface area (Å²) in [5.74, 6) is 1.78. The number of likely N-dealkylation sites (tertiary alicyclic amines) is 1. The lowest BCUT2D eigenvalue weighted by atomic mass is 10.0. The summed E-state index contributed by atoms with van der Waals surface area (Å²) in [5, 5.41) is 17.7. The minimum absolute atomic E-state index is 0.107. The number of nitrogens with zero attached hydrogens (tertiary/aromatic N) is 2. The lowest BCUT2D eigenvalue weighted by Crippen LogP contribution is -2.21. The van der Waals surface area contributed by atoms with Crippen molar-refractivity contribution in [3.8, 4) is 11.5 Å². The molecular formula is C21H31N3O3. The first-order valence-electron chi connectivity index (χ1n) is 9.78. The molecule has 0 aliphatic carbocycles. The van der Waals surface area contributed by atoms with Crippen LogP contribution in [0.25, 0.3) is 0 Å². The molecule has 1 fully saturated rings. The topological polar surface area (TPSA) is 70.6 Å². The fraction of sp³-hybridized carbons (Fsp3) is 0.571. The van der Waals surface area contributed by atoms with Gasteiger partial charge in [-0.2, -0.15) is 5.10 Å². The Balaban J connectivity index is 1.63. The number of rotatable bonds is 8. The number of ether oxygens (including phenoxy) is 2. The summed E-state index contributed by atoms with van der Waals surface area (Å²) in [6, 6.07) is 8.17. The molecule has 2 heterocycles. The molecule has 1 saturated heterocycles. The molecule has 0 saturated carbocycles. The molecule has 1 aliphatic rings. The van der Waals surface area contributed by atoms with Gasteiger partial charge in [-0.15, -0.1) is 0 Å². The van der Waals surface area contributed by atoms with Crippen molar-refractivity contribution in [2.45, 2.75) is 52.9 Å². The summed E-state index contributed by atoms with van der Waals surface area (Å²) in [6.07, 6.45) is 0.583. The van der Waals surface area contributed by atoms with E-state index >= 15 is 0 Å². The number of aliphatic hydroxyl groups is 1. The first kappa shape index (κ1) is 19.7. The Kier molecular flexibility index (Phi) is 6.39. The van der Waals surface area contributed by atoms with Crippen molar-refractivity contribution in [3.05, 3.63) is 41.2 Å². The molecule has 1 aromatic carbocycles. The van der Waals surface area contributed by atoms with E-state index in [-0.39, 0.29) is 18.1 Å². The number of aliphatic hydroxyl groups excluding tert-OH is 1. The van der Waals surface area contributed by atoms with E-state index < -0.39 is 0 Å². The highest BCUT2D eigenvalue weighted by Crippen LogP contribution is 2.31. The van der Waals surface area contributed by atoms with Crippen molar-refractivity contribution in [1.82, 2.24) is 15.1 Å². The summed E-state index contributed by atoms with van der Waals surface area (Å²) in [5.41, 5.74) is 3.24. The number of H-pyrrole nitrogens is 1. The normalized spacial score (nSPS) is 20.4. The highest BCUT2D eigenvalue weighted by Gasteiger charge is 2.31. The molecule has 6 heteroatoms. The average molecular weight is 373 g/mol. The molecule has 1 aromatic heterocycles. The highest BCUT2D eigenvalue weighted by molar-refractivity contribution is 5.43. The maximum Gasteiger partial charge on any atom is 0.161 e. The fourth-order valence-electron chi connectivity index (χ4n) is 3.65. The average Bonchev–Trinajstić information content (AvgIpc) is 3.16. The van der Waals surface area contributed by atoms with E-state index in [9.17, 15) is 5.11 Å². The monoisotopic (exact) mass is 373 g/mol. The molecule has 3 rings (SSSR count). The molecule has 2 aromatic rings. The SMILES string of the molecule is CCOc1cc(CN2C[C@@H](Cc3cc(C)[nH]n3)[C@H](O)C2)ccc1OC(C)C. The quantitative estimate of drug-likeness (QED) is 0.744. The van der Waals surface area contributed by atoms with Gasteiger partial charge in [0.1, 0.15) is 0 Å². The van der Waals surface area contributed by atoms with Crippen LogP contribution in [0.15, 0.2) is 24.3 Å². The molecule has 148 valence electrons. The summed E-state index contributed by atoms with van der Waals surface area (Å²) >= 11 is 0. The van der Waals surface area contributed by atoms with E-state index in [1.54, 1.807) is 0 Å². The molecule has 0 unspecified atom stereocenters. The summed E-state index contributed by atoms with van der Waals surface area (Å²) in [6.45, 7) is 10.9. The van der Waals surface area contributed by atoms with Crippen LogP contribution in [0.1, 0.15) is 37.7 Å². The minimum atomic E-state index is -0.322. The summed E-state index contributed by atoms with van der Waals surface area (Å²) < 4.78 is 11.6. The summed E-state index contributed by atoms with van der Waals surface area (Å²) in [7, 11) is 0. The molecule has 0 bridgehead atoms. The van der Waals surface area contributed by atoms with Crippen LogP contribution in [0.2, 0.25) is 0 Å². The van der Waals surface area contributed by atoms with Crippen LogP contribution in [0.3, 0.4) is 0 Å². The van der Waals surface area contributed by atoms with Crippen LogP contribution in [0, 0.1) is 12.8 Å². The van der Waals surface area contributed by atoms with E-state index in [0.717, 1.165) is 48.0 Å². The van der Waals surface area contributed by atoms with Crippen molar-refractivity contribution in [2.75, 3.05) is 19.7 Å². The predicted molar refractivity (Wildman–Crippen MR) is 105 cm³/mol. The van der Waals surface area contributed by atoms with Crippen LogP contribution in [-0.4, -0.2) is 52.1 Å². The van der Waals surface area contributed by atoms with Gasteiger partial charge in [-0.25, -0.2) is 0 Å². The van der Waals surface area contributed by atoms with Gasteiger partial charge in [-0.3, -0.25) is 10.00 Å². The van der Waals surface area contributed by atoms with E-state index in [0.29, 0.717) is 13.2 Å². The highest BCUT2D eigenvalue weighted by atomic mass is 16.5. The number of hydrogen-bond acceptors (Lipinski definition) is 5. The Morgan fingerprint density at radius 2 is 2.07 bits per heavy atom. The second-order valence-electron chi connectivity index (χ2n) is 7.65. The van der Waals surface area contributed by atoms with Crippen molar-refractivity contribution in [3.63, 3.8) is 0 Å². The summed E-state index contributed by atoms with van der Waals surface area (Å²) in [4.78, 5) is 2.29. The molecule has 2 N–H and O–H groups in total. The van der Waals surface area contributed by atoms with Gasteiger partial charge in [0.2, 0.25) is 0 Å². The van der Waals surface area contributed by atoms with Gasteiger partial charge < -0.3 is 14.6 Å². The van der Waals surface area contributed by atoms with Crippen molar-refractivity contribution in [2.24, 2.45) is 5.92 Å². The Bertz CT molecular complexity index is 744.